The van der Waals surface area contributed by atoms with Crippen LogP contribution in [0, 0.1) is 23.7 Å². The Morgan fingerprint density at radius 2 is 0.978 bits per heavy atom. The van der Waals surface area contributed by atoms with Crippen LogP contribution in [0.15, 0.2) is 76.8 Å². The van der Waals surface area contributed by atoms with Gasteiger partial charge in [-0.3, -0.25) is 14.6 Å². The second-order valence-electron chi connectivity index (χ2n) is 12.9. The van der Waals surface area contributed by atoms with Gasteiger partial charge in [-0.05, 0) is 91.1 Å². The van der Waals surface area contributed by atoms with E-state index in [2.05, 4.69) is 15.6 Å². The Bertz CT molecular complexity index is 1640. The standard InChI is InChI=1S/C33H41N5O6S2/c1-22-15-23(2)19-37(18-22)45(41,42)28-9-5-26(6-10-28)32(39)35-30-13-14-34-17-31(30)36-33(40)27-7-11-29(12-8-27)46(43,44)38-20-24(3)16-25(4)21-38/h5-14,17,22-25H,15-16,18-21H2,1-4H3,(H,36,40)(H,34,35,39)/t22-,23-,24-,25+/m0/s1. The SMILES string of the molecule is C[C@@H]1C[C@H](C)CN(S(=O)(=O)c2ccc(C(=O)Nc3cnccc3NC(=O)c3ccc(S(=O)(=O)N4C[C@@H](C)C[C@H](C)C4)cc3)cc2)C1. The second kappa shape index (κ2) is 13.6. The summed E-state index contributed by atoms with van der Waals surface area (Å²) in [5.74, 6) is 0.0694. The molecular formula is C33H41N5O6S2. The van der Waals surface area contributed by atoms with Gasteiger partial charge in [0.15, 0.2) is 0 Å². The van der Waals surface area contributed by atoms with E-state index in [4.69, 9.17) is 0 Å². The van der Waals surface area contributed by atoms with Gasteiger partial charge in [0.2, 0.25) is 20.0 Å². The Labute approximate surface area is 271 Å². The minimum absolute atomic E-state index is 0.124. The van der Waals surface area contributed by atoms with Gasteiger partial charge >= 0.3 is 0 Å². The van der Waals surface area contributed by atoms with E-state index < -0.39 is 31.9 Å². The molecule has 1 aromatic heterocycles. The van der Waals surface area contributed by atoms with Crippen LogP contribution in [0.3, 0.4) is 0 Å². The van der Waals surface area contributed by atoms with E-state index in [0.29, 0.717) is 26.2 Å². The third-order valence-corrected chi connectivity index (χ3v) is 12.2. The molecule has 0 spiro atoms. The molecule has 0 saturated carbocycles. The lowest BCUT2D eigenvalue weighted by molar-refractivity contribution is 0.101. The molecule has 0 unspecified atom stereocenters. The molecule has 0 radical (unpaired) electrons. The molecule has 3 heterocycles. The van der Waals surface area contributed by atoms with Crippen LogP contribution < -0.4 is 10.6 Å². The van der Waals surface area contributed by atoms with Crippen molar-refractivity contribution in [1.82, 2.24) is 13.6 Å². The van der Waals surface area contributed by atoms with E-state index in [9.17, 15) is 26.4 Å². The van der Waals surface area contributed by atoms with Crippen LogP contribution in [0.1, 0.15) is 61.3 Å². The lowest BCUT2D eigenvalue weighted by atomic mass is 9.94. The predicted octanol–water partition coefficient (Wildman–Crippen LogP) is 4.92. The highest BCUT2D eigenvalue weighted by atomic mass is 32.2. The fraction of sp³-hybridized carbons (Fsp3) is 0.424. The fourth-order valence-corrected chi connectivity index (χ4v) is 9.81. The molecule has 2 aliphatic heterocycles. The molecule has 0 aliphatic carbocycles. The summed E-state index contributed by atoms with van der Waals surface area (Å²) < 4.78 is 55.9. The molecule has 246 valence electrons. The van der Waals surface area contributed by atoms with Crippen LogP contribution >= 0.6 is 0 Å². The molecular weight excluding hydrogens is 627 g/mol. The first-order valence-corrected chi connectivity index (χ1v) is 18.4. The monoisotopic (exact) mass is 667 g/mol. The molecule has 2 N–H and O–H groups in total. The highest BCUT2D eigenvalue weighted by Crippen LogP contribution is 2.29. The fourth-order valence-electron chi connectivity index (χ4n) is 6.45. The molecule has 13 heteroatoms. The number of amides is 2. The van der Waals surface area contributed by atoms with Crippen molar-refractivity contribution in [2.45, 2.75) is 50.3 Å². The number of pyridine rings is 1. The number of benzene rings is 2. The topological polar surface area (TPSA) is 146 Å². The van der Waals surface area contributed by atoms with Crippen molar-refractivity contribution in [3.63, 3.8) is 0 Å². The number of rotatable bonds is 8. The zero-order valence-electron chi connectivity index (χ0n) is 26.5. The minimum Gasteiger partial charge on any atom is -0.320 e. The van der Waals surface area contributed by atoms with Gasteiger partial charge in [0.25, 0.3) is 11.8 Å². The van der Waals surface area contributed by atoms with Crippen LogP contribution in [-0.2, 0) is 20.0 Å². The predicted molar refractivity (Wildman–Crippen MR) is 176 cm³/mol. The number of nitrogens with one attached hydrogen (secondary N) is 2. The van der Waals surface area contributed by atoms with Crippen molar-refractivity contribution in [2.24, 2.45) is 23.7 Å². The van der Waals surface area contributed by atoms with Gasteiger partial charge in [-0.15, -0.1) is 0 Å². The third-order valence-electron chi connectivity index (χ3n) is 8.50. The molecule has 2 amide bonds. The lowest BCUT2D eigenvalue weighted by Gasteiger charge is -2.34. The van der Waals surface area contributed by atoms with Gasteiger partial charge in [0.05, 0.1) is 27.4 Å². The summed E-state index contributed by atoms with van der Waals surface area (Å²) in [6, 6.07) is 13.1. The maximum Gasteiger partial charge on any atom is 0.255 e. The third kappa shape index (κ3) is 7.49. The first kappa shape index (κ1) is 33.7. The number of aromatic nitrogens is 1. The van der Waals surface area contributed by atoms with Crippen LogP contribution in [0.2, 0.25) is 0 Å². The summed E-state index contributed by atoms with van der Waals surface area (Å²) in [6.07, 6.45) is 4.82. The number of hydrogen-bond donors (Lipinski definition) is 2. The van der Waals surface area contributed by atoms with E-state index in [1.165, 1.54) is 75.6 Å². The first-order valence-electron chi connectivity index (χ1n) is 15.5. The summed E-state index contributed by atoms with van der Waals surface area (Å²) in [6.45, 7) is 10.0. The van der Waals surface area contributed by atoms with Gasteiger partial charge in [-0.2, -0.15) is 8.61 Å². The van der Waals surface area contributed by atoms with E-state index in [-0.39, 0.29) is 56.0 Å². The number of carbonyl (C=O) groups excluding carboxylic acids is 2. The van der Waals surface area contributed by atoms with Crippen molar-refractivity contribution in [2.75, 3.05) is 36.8 Å². The van der Waals surface area contributed by atoms with E-state index in [1.807, 2.05) is 27.7 Å². The quantitative estimate of drug-likeness (QED) is 0.347. The maximum atomic E-state index is 13.2. The summed E-state index contributed by atoms with van der Waals surface area (Å²) in [4.78, 5) is 30.5. The molecule has 0 bridgehead atoms. The van der Waals surface area contributed by atoms with Gasteiger partial charge in [-0.1, -0.05) is 27.7 Å². The lowest BCUT2D eigenvalue weighted by Crippen LogP contribution is -2.42. The minimum atomic E-state index is -3.69. The number of nitrogens with zero attached hydrogens (tertiary/aromatic N) is 3. The van der Waals surface area contributed by atoms with Crippen LogP contribution in [0.4, 0.5) is 11.4 Å². The Hall–Kier alpha value is -3.65. The Balaban J connectivity index is 1.25. The number of carbonyl (C=O) groups is 2. The van der Waals surface area contributed by atoms with Crippen molar-refractivity contribution in [1.29, 1.82) is 0 Å². The smallest absolute Gasteiger partial charge is 0.255 e. The molecule has 3 aromatic rings. The number of anilines is 2. The zero-order chi connectivity index (χ0) is 33.2. The van der Waals surface area contributed by atoms with Gasteiger partial charge in [0.1, 0.15) is 0 Å². The maximum absolute atomic E-state index is 13.2. The molecule has 2 aromatic carbocycles. The average molecular weight is 668 g/mol. The zero-order valence-corrected chi connectivity index (χ0v) is 28.1. The molecule has 11 nitrogen and oxygen atoms in total. The van der Waals surface area contributed by atoms with Crippen molar-refractivity contribution in [3.05, 3.63) is 78.1 Å². The molecule has 2 fully saturated rings. The highest BCUT2D eigenvalue weighted by Gasteiger charge is 2.33. The van der Waals surface area contributed by atoms with Gasteiger partial charge in [-0.25, -0.2) is 16.8 Å². The molecule has 4 atom stereocenters. The number of hydrogen-bond acceptors (Lipinski definition) is 7. The normalized spacial score (nSPS) is 23.0. The number of sulfonamides is 2. The summed E-state index contributed by atoms with van der Waals surface area (Å²) in [5.41, 5.74) is 0.993. The Morgan fingerprint density at radius 1 is 0.609 bits per heavy atom. The van der Waals surface area contributed by atoms with Crippen molar-refractivity contribution < 1.29 is 26.4 Å². The van der Waals surface area contributed by atoms with E-state index in [1.54, 1.807) is 0 Å². The van der Waals surface area contributed by atoms with Gasteiger partial charge < -0.3 is 10.6 Å². The van der Waals surface area contributed by atoms with E-state index in [0.717, 1.165) is 12.8 Å². The summed E-state index contributed by atoms with van der Waals surface area (Å²) in [7, 11) is -7.38. The molecule has 5 rings (SSSR count). The first-order chi connectivity index (χ1) is 21.7. The van der Waals surface area contributed by atoms with Gasteiger partial charge in [0, 0.05) is 43.5 Å². The van der Waals surface area contributed by atoms with Crippen LogP contribution in [0.25, 0.3) is 0 Å². The number of piperidine rings is 2. The Morgan fingerprint density at radius 3 is 1.37 bits per heavy atom. The van der Waals surface area contributed by atoms with Crippen LogP contribution in [-0.4, -0.2) is 68.4 Å². The molecule has 2 saturated heterocycles. The van der Waals surface area contributed by atoms with Crippen molar-refractivity contribution in [3.8, 4) is 0 Å². The summed E-state index contributed by atoms with van der Waals surface area (Å²) >= 11 is 0. The summed E-state index contributed by atoms with van der Waals surface area (Å²) in [5, 5.41) is 5.48. The van der Waals surface area contributed by atoms with Crippen LogP contribution in [0.5, 0.6) is 0 Å². The largest absolute Gasteiger partial charge is 0.320 e. The molecule has 46 heavy (non-hydrogen) atoms. The Kier molecular flexibility index (Phi) is 9.97. The van der Waals surface area contributed by atoms with E-state index >= 15 is 0 Å². The average Bonchev–Trinajstić information content (AvgIpc) is 3.01. The highest BCUT2D eigenvalue weighted by molar-refractivity contribution is 7.89. The second-order valence-corrected chi connectivity index (χ2v) is 16.8. The van der Waals surface area contributed by atoms with Crippen molar-refractivity contribution >= 4 is 43.2 Å². The molecule has 2 aliphatic rings.